The second-order valence-electron chi connectivity index (χ2n) is 5.88. The maximum atomic E-state index is 5.89. The molecule has 1 unspecified atom stereocenters. The van der Waals surface area contributed by atoms with Crippen LogP contribution >= 0.6 is 11.8 Å². The predicted octanol–water partition coefficient (Wildman–Crippen LogP) is 3.66. The van der Waals surface area contributed by atoms with E-state index in [9.17, 15) is 0 Å². The van der Waals surface area contributed by atoms with Crippen molar-refractivity contribution in [3.63, 3.8) is 0 Å². The smallest absolute Gasteiger partial charge is 0.118 e. The summed E-state index contributed by atoms with van der Waals surface area (Å²) in [6.07, 6.45) is 3.38. The van der Waals surface area contributed by atoms with Crippen LogP contribution in [0.3, 0.4) is 0 Å². The van der Waals surface area contributed by atoms with E-state index in [1.54, 1.807) is 0 Å². The highest BCUT2D eigenvalue weighted by atomic mass is 32.2. The zero-order valence-electron chi connectivity index (χ0n) is 13.8. The molecule has 0 aromatic carbocycles. The summed E-state index contributed by atoms with van der Waals surface area (Å²) in [5.41, 5.74) is 1.28. The van der Waals surface area contributed by atoms with Gasteiger partial charge in [0.15, 0.2) is 0 Å². The van der Waals surface area contributed by atoms with Gasteiger partial charge in [-0.3, -0.25) is 4.90 Å². The van der Waals surface area contributed by atoms with E-state index in [4.69, 9.17) is 4.42 Å². The Bertz CT molecular complexity index is 390. The van der Waals surface area contributed by atoms with Gasteiger partial charge >= 0.3 is 0 Å². The van der Waals surface area contributed by atoms with Crippen molar-refractivity contribution in [2.75, 3.05) is 19.1 Å². The van der Waals surface area contributed by atoms with Crippen LogP contribution in [0.1, 0.15) is 44.3 Å². The second kappa shape index (κ2) is 8.75. The molecule has 0 radical (unpaired) electrons. The summed E-state index contributed by atoms with van der Waals surface area (Å²) in [5, 5.41) is 3.44. The largest absolute Gasteiger partial charge is 0.465 e. The first-order valence-corrected chi connectivity index (χ1v) is 8.84. The van der Waals surface area contributed by atoms with Crippen LogP contribution in [0.25, 0.3) is 0 Å². The fourth-order valence-corrected chi connectivity index (χ4v) is 2.64. The molecule has 1 rings (SSSR count). The number of nitrogens with zero attached hydrogens (tertiary/aromatic N) is 1. The van der Waals surface area contributed by atoms with E-state index in [1.165, 1.54) is 17.7 Å². The molecule has 0 amide bonds. The lowest BCUT2D eigenvalue weighted by Crippen LogP contribution is -2.28. The van der Waals surface area contributed by atoms with Crippen LogP contribution in [0.5, 0.6) is 0 Å². The Morgan fingerprint density at radius 2 is 2.05 bits per heavy atom. The number of hydrogen-bond donors (Lipinski definition) is 1. The van der Waals surface area contributed by atoms with Gasteiger partial charge in [0, 0.05) is 24.2 Å². The van der Waals surface area contributed by atoms with Crippen LogP contribution in [0.15, 0.2) is 10.5 Å². The third-order valence-electron chi connectivity index (χ3n) is 3.67. The molecule has 1 N–H and O–H groups in total. The van der Waals surface area contributed by atoms with E-state index < -0.39 is 0 Å². The standard InChI is InChI=1S/C16H30N2OS/c1-12(2)17-10-15-9-16(19-14(15)4)11-18(5)13(3)7-8-20-6/h9,12-13,17H,7-8,10-11H2,1-6H3. The zero-order valence-corrected chi connectivity index (χ0v) is 14.6. The number of rotatable bonds is 9. The van der Waals surface area contributed by atoms with E-state index in [0.717, 1.165) is 24.6 Å². The van der Waals surface area contributed by atoms with Gasteiger partial charge in [0.25, 0.3) is 0 Å². The number of nitrogens with one attached hydrogen (secondary N) is 1. The molecule has 0 fully saturated rings. The highest BCUT2D eigenvalue weighted by molar-refractivity contribution is 7.98. The summed E-state index contributed by atoms with van der Waals surface area (Å²) in [6, 6.07) is 3.29. The molecule has 0 bridgehead atoms. The molecule has 20 heavy (non-hydrogen) atoms. The maximum absolute atomic E-state index is 5.89. The molecule has 1 aromatic rings. The quantitative estimate of drug-likeness (QED) is 0.753. The lowest BCUT2D eigenvalue weighted by atomic mass is 10.2. The Kier molecular flexibility index (Phi) is 7.70. The van der Waals surface area contributed by atoms with Crippen molar-refractivity contribution >= 4 is 11.8 Å². The van der Waals surface area contributed by atoms with Crippen molar-refractivity contribution in [3.05, 3.63) is 23.2 Å². The summed E-state index contributed by atoms with van der Waals surface area (Å²) in [7, 11) is 2.18. The number of furan rings is 1. The van der Waals surface area contributed by atoms with Crippen molar-refractivity contribution in [3.8, 4) is 0 Å². The van der Waals surface area contributed by atoms with E-state index in [2.05, 4.69) is 57.3 Å². The Labute approximate surface area is 128 Å². The minimum absolute atomic E-state index is 0.502. The first-order chi connectivity index (χ1) is 9.43. The molecule has 0 saturated heterocycles. The van der Waals surface area contributed by atoms with Crippen molar-refractivity contribution in [2.24, 2.45) is 0 Å². The molecule has 0 aliphatic rings. The van der Waals surface area contributed by atoms with E-state index in [0.29, 0.717) is 12.1 Å². The Hall–Kier alpha value is -0.450. The molecular weight excluding hydrogens is 268 g/mol. The highest BCUT2D eigenvalue weighted by Crippen LogP contribution is 2.18. The van der Waals surface area contributed by atoms with Gasteiger partial charge in [0.2, 0.25) is 0 Å². The highest BCUT2D eigenvalue weighted by Gasteiger charge is 2.13. The molecule has 0 spiro atoms. The van der Waals surface area contributed by atoms with Crippen LogP contribution in [0.2, 0.25) is 0 Å². The summed E-state index contributed by atoms with van der Waals surface area (Å²) < 4.78 is 5.89. The van der Waals surface area contributed by atoms with Gasteiger partial charge in [-0.2, -0.15) is 11.8 Å². The molecule has 1 atom stereocenters. The van der Waals surface area contributed by atoms with Crippen LogP contribution in [-0.4, -0.2) is 36.0 Å². The summed E-state index contributed by atoms with van der Waals surface area (Å²) in [4.78, 5) is 2.37. The molecule has 0 aliphatic heterocycles. The topological polar surface area (TPSA) is 28.4 Å². The van der Waals surface area contributed by atoms with Crippen molar-refractivity contribution in [1.82, 2.24) is 10.2 Å². The summed E-state index contributed by atoms with van der Waals surface area (Å²) >= 11 is 1.91. The minimum Gasteiger partial charge on any atom is -0.465 e. The Morgan fingerprint density at radius 3 is 2.65 bits per heavy atom. The minimum atomic E-state index is 0.502. The van der Waals surface area contributed by atoms with Crippen LogP contribution in [0.4, 0.5) is 0 Å². The van der Waals surface area contributed by atoms with Crippen molar-refractivity contribution in [1.29, 1.82) is 0 Å². The van der Waals surface area contributed by atoms with E-state index in [1.807, 2.05) is 11.8 Å². The fraction of sp³-hybridized carbons (Fsp3) is 0.750. The zero-order chi connectivity index (χ0) is 15.1. The van der Waals surface area contributed by atoms with Gasteiger partial charge in [-0.1, -0.05) is 13.8 Å². The van der Waals surface area contributed by atoms with Crippen LogP contribution in [-0.2, 0) is 13.1 Å². The first-order valence-electron chi connectivity index (χ1n) is 7.44. The number of aryl methyl sites for hydroxylation is 1. The van der Waals surface area contributed by atoms with Crippen LogP contribution < -0.4 is 5.32 Å². The van der Waals surface area contributed by atoms with E-state index >= 15 is 0 Å². The molecular formula is C16H30N2OS. The van der Waals surface area contributed by atoms with E-state index in [-0.39, 0.29) is 0 Å². The van der Waals surface area contributed by atoms with Gasteiger partial charge < -0.3 is 9.73 Å². The van der Waals surface area contributed by atoms with Gasteiger partial charge in [-0.25, -0.2) is 0 Å². The normalized spacial score (nSPS) is 13.4. The molecule has 0 saturated carbocycles. The van der Waals surface area contributed by atoms with Crippen molar-refractivity contribution < 1.29 is 4.42 Å². The molecule has 3 nitrogen and oxygen atoms in total. The van der Waals surface area contributed by atoms with Gasteiger partial charge in [0.1, 0.15) is 11.5 Å². The molecule has 0 aliphatic carbocycles. The summed E-state index contributed by atoms with van der Waals surface area (Å²) in [6.45, 7) is 10.4. The van der Waals surface area contributed by atoms with Crippen LogP contribution in [0, 0.1) is 6.92 Å². The lowest BCUT2D eigenvalue weighted by Gasteiger charge is -2.23. The molecule has 1 heterocycles. The predicted molar refractivity (Wildman–Crippen MR) is 89.3 cm³/mol. The number of thioether (sulfide) groups is 1. The molecule has 1 aromatic heterocycles. The average molecular weight is 298 g/mol. The Balaban J connectivity index is 2.53. The lowest BCUT2D eigenvalue weighted by molar-refractivity contribution is 0.225. The maximum Gasteiger partial charge on any atom is 0.118 e. The second-order valence-corrected chi connectivity index (χ2v) is 6.86. The molecule has 116 valence electrons. The monoisotopic (exact) mass is 298 g/mol. The van der Waals surface area contributed by atoms with Gasteiger partial charge in [-0.15, -0.1) is 0 Å². The fourth-order valence-electron chi connectivity index (χ4n) is 2.07. The van der Waals surface area contributed by atoms with Crippen molar-refractivity contribution in [2.45, 2.75) is 59.3 Å². The Morgan fingerprint density at radius 1 is 1.35 bits per heavy atom. The third-order valence-corrected chi connectivity index (χ3v) is 4.31. The third kappa shape index (κ3) is 5.90. The van der Waals surface area contributed by atoms with Gasteiger partial charge in [0.05, 0.1) is 6.54 Å². The SMILES string of the molecule is CSCCC(C)N(C)Cc1cc(CNC(C)C)c(C)o1. The van der Waals surface area contributed by atoms with Gasteiger partial charge in [-0.05, 0) is 45.4 Å². The molecule has 4 heteroatoms. The first kappa shape index (κ1) is 17.6. The average Bonchev–Trinajstić information content (AvgIpc) is 2.73. The summed E-state index contributed by atoms with van der Waals surface area (Å²) in [5.74, 6) is 3.33. The number of hydrogen-bond acceptors (Lipinski definition) is 4.